The molecule has 0 radical (unpaired) electrons. The molecule has 0 aliphatic heterocycles. The Morgan fingerprint density at radius 1 is 1.41 bits per heavy atom. The molecule has 0 aromatic carbocycles. The standard InChI is InChI=1S/C13H24N4O4S/c1-5-7-16(8-9-21-4)13(18)17-10-14-12(15-17)22(19,20)11(3)6-2/h10-11H,5-9H2,1-4H3. The van der Waals surface area contributed by atoms with Crippen LogP contribution in [-0.4, -0.2) is 66.2 Å². The van der Waals surface area contributed by atoms with Crippen LogP contribution < -0.4 is 0 Å². The van der Waals surface area contributed by atoms with E-state index in [9.17, 15) is 13.2 Å². The van der Waals surface area contributed by atoms with E-state index >= 15 is 0 Å². The minimum Gasteiger partial charge on any atom is -0.383 e. The van der Waals surface area contributed by atoms with Gasteiger partial charge in [-0.3, -0.25) is 0 Å². The molecule has 8 nitrogen and oxygen atoms in total. The van der Waals surface area contributed by atoms with Crippen molar-refractivity contribution in [3.63, 3.8) is 0 Å². The molecular weight excluding hydrogens is 308 g/mol. The van der Waals surface area contributed by atoms with Crippen molar-refractivity contribution in [2.75, 3.05) is 26.8 Å². The highest BCUT2D eigenvalue weighted by Gasteiger charge is 2.27. The van der Waals surface area contributed by atoms with Crippen molar-refractivity contribution in [2.24, 2.45) is 0 Å². The van der Waals surface area contributed by atoms with Crippen LogP contribution in [0.25, 0.3) is 0 Å². The Bertz CT molecular complexity index is 585. The van der Waals surface area contributed by atoms with Gasteiger partial charge in [0.2, 0.25) is 9.84 Å². The number of carbonyl (C=O) groups is 1. The first kappa shape index (κ1) is 18.6. The van der Waals surface area contributed by atoms with Gasteiger partial charge in [-0.15, -0.1) is 5.10 Å². The average Bonchev–Trinajstić information content (AvgIpc) is 3.00. The zero-order valence-electron chi connectivity index (χ0n) is 13.5. The van der Waals surface area contributed by atoms with Gasteiger partial charge in [-0.25, -0.2) is 18.2 Å². The van der Waals surface area contributed by atoms with Crippen LogP contribution >= 0.6 is 0 Å². The monoisotopic (exact) mass is 332 g/mol. The maximum Gasteiger partial charge on any atom is 0.346 e. The van der Waals surface area contributed by atoms with Crippen molar-refractivity contribution in [3.05, 3.63) is 6.33 Å². The largest absolute Gasteiger partial charge is 0.383 e. The predicted molar refractivity (Wildman–Crippen MR) is 81.5 cm³/mol. The SMILES string of the molecule is CCCN(CCOC)C(=O)n1cnc(S(=O)(=O)C(C)CC)n1. The summed E-state index contributed by atoms with van der Waals surface area (Å²) in [6.07, 6.45) is 2.38. The topological polar surface area (TPSA) is 94.4 Å². The molecule has 0 aliphatic carbocycles. The highest BCUT2D eigenvalue weighted by molar-refractivity contribution is 7.91. The zero-order valence-corrected chi connectivity index (χ0v) is 14.3. The Kier molecular flexibility index (Phi) is 6.95. The molecule has 0 spiro atoms. The van der Waals surface area contributed by atoms with E-state index in [-0.39, 0.29) is 5.16 Å². The van der Waals surface area contributed by atoms with Crippen LogP contribution in [0.2, 0.25) is 0 Å². The molecule has 1 aromatic rings. The normalized spacial score (nSPS) is 13.1. The summed E-state index contributed by atoms with van der Waals surface area (Å²) >= 11 is 0. The highest BCUT2D eigenvalue weighted by Crippen LogP contribution is 2.13. The molecule has 9 heteroatoms. The third-order valence-corrected chi connectivity index (χ3v) is 5.44. The molecule has 0 saturated carbocycles. The Morgan fingerprint density at radius 2 is 2.09 bits per heavy atom. The number of carbonyl (C=O) groups excluding carboxylic acids is 1. The fraction of sp³-hybridized carbons (Fsp3) is 0.769. The number of rotatable bonds is 8. The number of hydrogen-bond acceptors (Lipinski definition) is 6. The lowest BCUT2D eigenvalue weighted by Crippen LogP contribution is -2.38. The lowest BCUT2D eigenvalue weighted by atomic mass is 10.4. The number of amides is 1. The van der Waals surface area contributed by atoms with Gasteiger partial charge >= 0.3 is 6.03 Å². The van der Waals surface area contributed by atoms with E-state index in [1.165, 1.54) is 0 Å². The van der Waals surface area contributed by atoms with Crippen LogP contribution in [0.3, 0.4) is 0 Å². The molecule has 0 fully saturated rings. The minimum atomic E-state index is -3.60. The van der Waals surface area contributed by atoms with E-state index in [2.05, 4.69) is 10.1 Å². The van der Waals surface area contributed by atoms with Crippen LogP contribution in [0.15, 0.2) is 11.5 Å². The molecule has 1 rings (SSSR count). The molecule has 0 saturated heterocycles. The summed E-state index contributed by atoms with van der Waals surface area (Å²) in [4.78, 5) is 17.7. The van der Waals surface area contributed by atoms with Crippen LogP contribution in [0.1, 0.15) is 33.6 Å². The van der Waals surface area contributed by atoms with Gasteiger partial charge in [0.1, 0.15) is 6.33 Å². The van der Waals surface area contributed by atoms with Crippen LogP contribution in [0.5, 0.6) is 0 Å². The second-order valence-electron chi connectivity index (χ2n) is 5.00. The van der Waals surface area contributed by atoms with E-state index < -0.39 is 21.1 Å². The van der Waals surface area contributed by atoms with Gasteiger partial charge in [-0.1, -0.05) is 13.8 Å². The lowest BCUT2D eigenvalue weighted by Gasteiger charge is -2.20. The van der Waals surface area contributed by atoms with E-state index in [1.807, 2.05) is 6.92 Å². The molecule has 0 aliphatic rings. The molecule has 1 unspecified atom stereocenters. The van der Waals surface area contributed by atoms with Gasteiger partial charge in [0.05, 0.1) is 11.9 Å². The number of ether oxygens (including phenoxy) is 1. The summed E-state index contributed by atoms with van der Waals surface area (Å²) in [6.45, 7) is 6.68. The van der Waals surface area contributed by atoms with Crippen LogP contribution in [-0.2, 0) is 14.6 Å². The summed E-state index contributed by atoms with van der Waals surface area (Å²) < 4.78 is 30.3. The third-order valence-electron chi connectivity index (χ3n) is 3.36. The Labute approximate surface area is 131 Å². The summed E-state index contributed by atoms with van der Waals surface area (Å²) in [5.41, 5.74) is 0. The lowest BCUT2D eigenvalue weighted by molar-refractivity contribution is 0.148. The molecule has 1 aromatic heterocycles. The smallest absolute Gasteiger partial charge is 0.346 e. The number of hydrogen-bond donors (Lipinski definition) is 0. The van der Waals surface area contributed by atoms with Crippen molar-refractivity contribution in [1.82, 2.24) is 19.7 Å². The molecule has 0 bridgehead atoms. The van der Waals surface area contributed by atoms with E-state index in [4.69, 9.17) is 4.74 Å². The highest BCUT2D eigenvalue weighted by atomic mass is 32.2. The predicted octanol–water partition coefficient (Wildman–Crippen LogP) is 1.18. The number of sulfone groups is 1. The summed E-state index contributed by atoms with van der Waals surface area (Å²) in [7, 11) is -2.04. The van der Waals surface area contributed by atoms with Gasteiger partial charge in [0.25, 0.3) is 5.16 Å². The van der Waals surface area contributed by atoms with Gasteiger partial charge in [-0.2, -0.15) is 4.68 Å². The van der Waals surface area contributed by atoms with Crippen molar-refractivity contribution in [2.45, 2.75) is 44.0 Å². The zero-order chi connectivity index (χ0) is 16.8. The Morgan fingerprint density at radius 3 is 2.64 bits per heavy atom. The third kappa shape index (κ3) is 4.26. The number of nitrogens with zero attached hydrogens (tertiary/aromatic N) is 4. The van der Waals surface area contributed by atoms with Crippen LogP contribution in [0.4, 0.5) is 4.79 Å². The van der Waals surface area contributed by atoms with E-state index in [0.29, 0.717) is 26.1 Å². The van der Waals surface area contributed by atoms with Crippen molar-refractivity contribution >= 4 is 15.9 Å². The number of aromatic nitrogens is 3. The second-order valence-corrected chi connectivity index (χ2v) is 7.26. The molecular formula is C13H24N4O4S. The second kappa shape index (κ2) is 8.23. The maximum absolute atomic E-state index is 12.4. The maximum atomic E-state index is 12.4. The van der Waals surface area contributed by atoms with Gasteiger partial charge in [0, 0.05) is 20.2 Å². The first-order valence-corrected chi connectivity index (χ1v) is 8.86. The molecule has 0 N–H and O–H groups in total. The summed E-state index contributed by atoms with van der Waals surface area (Å²) in [6, 6.07) is -0.406. The van der Waals surface area contributed by atoms with Crippen molar-refractivity contribution in [1.29, 1.82) is 0 Å². The van der Waals surface area contributed by atoms with Crippen molar-refractivity contribution in [3.8, 4) is 0 Å². The fourth-order valence-corrected chi connectivity index (χ4v) is 2.98. The van der Waals surface area contributed by atoms with Gasteiger partial charge in [0.15, 0.2) is 0 Å². The van der Waals surface area contributed by atoms with E-state index in [1.54, 1.807) is 25.9 Å². The van der Waals surface area contributed by atoms with Crippen LogP contribution in [0, 0.1) is 0 Å². The summed E-state index contributed by atoms with van der Waals surface area (Å²) in [5.74, 6) is 0. The fourth-order valence-electron chi connectivity index (χ4n) is 1.79. The van der Waals surface area contributed by atoms with Crippen molar-refractivity contribution < 1.29 is 17.9 Å². The molecule has 1 amide bonds. The van der Waals surface area contributed by atoms with E-state index in [0.717, 1.165) is 17.4 Å². The van der Waals surface area contributed by atoms with Gasteiger partial charge in [-0.05, 0) is 19.8 Å². The molecule has 22 heavy (non-hydrogen) atoms. The first-order valence-electron chi connectivity index (χ1n) is 7.32. The average molecular weight is 332 g/mol. The molecule has 1 atom stereocenters. The number of methoxy groups -OCH3 is 1. The molecule has 126 valence electrons. The quantitative estimate of drug-likeness (QED) is 0.709. The summed E-state index contributed by atoms with van der Waals surface area (Å²) in [5, 5.41) is 2.96. The minimum absolute atomic E-state index is 0.307. The van der Waals surface area contributed by atoms with Gasteiger partial charge < -0.3 is 9.64 Å². The molecule has 1 heterocycles. The Balaban J connectivity index is 2.96. The first-order chi connectivity index (χ1) is 10.4. The Hall–Kier alpha value is -1.48.